The van der Waals surface area contributed by atoms with E-state index >= 15 is 0 Å². The quantitative estimate of drug-likeness (QED) is 0.910. The predicted molar refractivity (Wildman–Crippen MR) is 74.9 cm³/mol. The van der Waals surface area contributed by atoms with Crippen LogP contribution in [0.4, 0.5) is 10.1 Å². The second-order valence-corrected chi connectivity index (χ2v) is 4.54. The highest BCUT2D eigenvalue weighted by atomic mass is 35.5. The van der Waals surface area contributed by atoms with Crippen molar-refractivity contribution in [3.05, 3.63) is 58.6 Å². The van der Waals surface area contributed by atoms with Gasteiger partial charge >= 0.3 is 5.97 Å². The van der Waals surface area contributed by atoms with Gasteiger partial charge in [-0.25, -0.2) is 14.2 Å². The first-order valence-corrected chi connectivity index (χ1v) is 6.28. The van der Waals surface area contributed by atoms with E-state index in [-0.39, 0.29) is 28.4 Å². The van der Waals surface area contributed by atoms with E-state index < -0.39 is 17.7 Å². The Hall–Kier alpha value is -2.47. The lowest BCUT2D eigenvalue weighted by Gasteiger charge is -2.09. The van der Waals surface area contributed by atoms with Crippen molar-refractivity contribution >= 4 is 29.2 Å². The molecule has 0 bridgehead atoms. The van der Waals surface area contributed by atoms with Crippen LogP contribution in [0.1, 0.15) is 16.1 Å². The second-order valence-electron chi connectivity index (χ2n) is 4.13. The van der Waals surface area contributed by atoms with Crippen molar-refractivity contribution in [3.8, 4) is 0 Å². The van der Waals surface area contributed by atoms with E-state index in [9.17, 15) is 14.0 Å². The molecular formula is C14H10ClFN2O3. The van der Waals surface area contributed by atoms with E-state index in [4.69, 9.17) is 16.7 Å². The predicted octanol–water partition coefficient (Wildman–Crippen LogP) is 2.75. The lowest BCUT2D eigenvalue weighted by molar-refractivity contribution is -0.115. The van der Waals surface area contributed by atoms with E-state index in [0.29, 0.717) is 0 Å². The van der Waals surface area contributed by atoms with Crippen LogP contribution >= 0.6 is 11.6 Å². The number of amides is 1. The normalized spacial score (nSPS) is 10.2. The first-order chi connectivity index (χ1) is 9.99. The summed E-state index contributed by atoms with van der Waals surface area (Å²) in [5.41, 5.74) is -0.189. The number of carboxylic acid groups (broad SMARTS) is 1. The molecule has 0 saturated carbocycles. The van der Waals surface area contributed by atoms with E-state index in [1.807, 2.05) is 0 Å². The van der Waals surface area contributed by atoms with Gasteiger partial charge in [-0.15, -0.1) is 0 Å². The van der Waals surface area contributed by atoms with Gasteiger partial charge in [-0.2, -0.15) is 0 Å². The molecule has 0 unspecified atom stereocenters. The lowest BCUT2D eigenvalue weighted by atomic mass is 10.1. The molecule has 0 spiro atoms. The van der Waals surface area contributed by atoms with Gasteiger partial charge in [0.2, 0.25) is 5.91 Å². The molecule has 1 amide bonds. The van der Waals surface area contributed by atoms with Gasteiger partial charge in [-0.1, -0.05) is 17.7 Å². The zero-order chi connectivity index (χ0) is 15.4. The van der Waals surface area contributed by atoms with E-state index in [2.05, 4.69) is 10.3 Å². The third kappa shape index (κ3) is 3.55. The Kier molecular flexibility index (Phi) is 4.49. The number of anilines is 1. The SMILES string of the molecule is O=C(Cc1c(F)cccc1Cl)Nc1cccnc1C(=O)O. The van der Waals surface area contributed by atoms with Crippen LogP contribution in [0.2, 0.25) is 5.02 Å². The van der Waals surface area contributed by atoms with Gasteiger partial charge in [0.15, 0.2) is 5.69 Å². The number of carbonyl (C=O) groups excluding carboxylic acids is 1. The number of aromatic nitrogens is 1. The molecule has 2 N–H and O–H groups in total. The molecule has 2 rings (SSSR count). The molecule has 1 aromatic heterocycles. The Morgan fingerprint density at radius 1 is 1.29 bits per heavy atom. The molecule has 0 saturated heterocycles. The van der Waals surface area contributed by atoms with Crippen molar-refractivity contribution in [3.63, 3.8) is 0 Å². The molecule has 108 valence electrons. The molecule has 5 nitrogen and oxygen atoms in total. The van der Waals surface area contributed by atoms with E-state index in [1.165, 1.54) is 36.5 Å². The highest BCUT2D eigenvalue weighted by Crippen LogP contribution is 2.20. The molecule has 21 heavy (non-hydrogen) atoms. The van der Waals surface area contributed by atoms with Gasteiger partial charge in [-0.3, -0.25) is 4.79 Å². The van der Waals surface area contributed by atoms with Crippen LogP contribution < -0.4 is 5.32 Å². The number of halogens is 2. The maximum Gasteiger partial charge on any atom is 0.356 e. The van der Waals surface area contributed by atoms with Gasteiger partial charge in [0.1, 0.15) is 5.82 Å². The van der Waals surface area contributed by atoms with E-state index in [1.54, 1.807) is 0 Å². The maximum absolute atomic E-state index is 13.6. The summed E-state index contributed by atoms with van der Waals surface area (Å²) in [5, 5.41) is 11.5. The van der Waals surface area contributed by atoms with Gasteiger partial charge in [0.05, 0.1) is 12.1 Å². The molecular weight excluding hydrogens is 299 g/mol. The van der Waals surface area contributed by atoms with Crippen LogP contribution in [-0.2, 0) is 11.2 Å². The van der Waals surface area contributed by atoms with Crippen molar-refractivity contribution in [2.24, 2.45) is 0 Å². The number of nitrogens with one attached hydrogen (secondary N) is 1. The van der Waals surface area contributed by atoms with Crippen molar-refractivity contribution in [2.75, 3.05) is 5.32 Å². The number of hydrogen-bond acceptors (Lipinski definition) is 3. The summed E-state index contributed by atoms with van der Waals surface area (Å²) in [7, 11) is 0. The fourth-order valence-corrected chi connectivity index (χ4v) is 1.96. The molecule has 0 aliphatic heterocycles. The van der Waals surface area contributed by atoms with Crippen LogP contribution in [0.3, 0.4) is 0 Å². The Bertz CT molecular complexity index is 686. The summed E-state index contributed by atoms with van der Waals surface area (Å²) in [6.45, 7) is 0. The molecule has 0 aliphatic rings. The summed E-state index contributed by atoms with van der Waals surface area (Å²) in [6.07, 6.45) is 0.992. The van der Waals surface area contributed by atoms with Crippen LogP contribution in [0.5, 0.6) is 0 Å². The molecule has 0 atom stereocenters. The molecule has 1 aromatic carbocycles. The number of carbonyl (C=O) groups is 2. The van der Waals surface area contributed by atoms with Crippen LogP contribution in [0.15, 0.2) is 36.5 Å². The van der Waals surface area contributed by atoms with Crippen molar-refractivity contribution in [2.45, 2.75) is 6.42 Å². The number of nitrogens with zero attached hydrogens (tertiary/aromatic N) is 1. The average molecular weight is 309 g/mol. The highest BCUT2D eigenvalue weighted by molar-refractivity contribution is 6.31. The smallest absolute Gasteiger partial charge is 0.356 e. The summed E-state index contributed by atoms with van der Waals surface area (Å²) in [5.74, 6) is -2.45. The average Bonchev–Trinajstić information content (AvgIpc) is 2.43. The number of hydrogen-bond donors (Lipinski definition) is 2. The number of benzene rings is 1. The monoisotopic (exact) mass is 308 g/mol. The number of pyridine rings is 1. The van der Waals surface area contributed by atoms with Crippen molar-refractivity contribution in [1.82, 2.24) is 4.98 Å². The zero-order valence-electron chi connectivity index (χ0n) is 10.6. The molecule has 1 heterocycles. The second kappa shape index (κ2) is 6.32. The third-order valence-electron chi connectivity index (χ3n) is 2.68. The standard InChI is InChI=1S/C14H10ClFN2O3/c15-9-3-1-4-10(16)8(9)7-12(19)18-11-5-2-6-17-13(11)14(20)21/h1-6H,7H2,(H,18,19)(H,20,21). The Labute approximate surface area is 124 Å². The zero-order valence-corrected chi connectivity index (χ0v) is 11.4. The summed E-state index contributed by atoms with van der Waals surface area (Å²) in [6, 6.07) is 6.99. The van der Waals surface area contributed by atoms with Gasteiger partial charge in [0, 0.05) is 16.8 Å². The van der Waals surface area contributed by atoms with Gasteiger partial charge < -0.3 is 10.4 Å². The summed E-state index contributed by atoms with van der Waals surface area (Å²) < 4.78 is 13.6. The number of carboxylic acids is 1. The minimum atomic E-state index is -1.27. The van der Waals surface area contributed by atoms with Gasteiger partial charge in [-0.05, 0) is 24.3 Å². The summed E-state index contributed by atoms with van der Waals surface area (Å²) in [4.78, 5) is 26.5. The lowest BCUT2D eigenvalue weighted by Crippen LogP contribution is -2.18. The van der Waals surface area contributed by atoms with Crippen LogP contribution in [0, 0.1) is 5.82 Å². The molecule has 2 aromatic rings. The fraction of sp³-hybridized carbons (Fsp3) is 0.0714. The summed E-state index contributed by atoms with van der Waals surface area (Å²) >= 11 is 5.83. The van der Waals surface area contributed by atoms with Crippen LogP contribution in [-0.4, -0.2) is 22.0 Å². The largest absolute Gasteiger partial charge is 0.476 e. The first kappa shape index (κ1) is 14.9. The molecule has 0 fully saturated rings. The Morgan fingerprint density at radius 2 is 2.05 bits per heavy atom. The van der Waals surface area contributed by atoms with Crippen molar-refractivity contribution in [1.29, 1.82) is 0 Å². The number of rotatable bonds is 4. The highest BCUT2D eigenvalue weighted by Gasteiger charge is 2.16. The minimum absolute atomic E-state index is 0.0439. The molecule has 0 radical (unpaired) electrons. The maximum atomic E-state index is 13.6. The topological polar surface area (TPSA) is 79.3 Å². The van der Waals surface area contributed by atoms with E-state index in [0.717, 1.165) is 0 Å². The molecule has 7 heteroatoms. The molecule has 0 aliphatic carbocycles. The number of aromatic carboxylic acids is 1. The Morgan fingerprint density at radius 3 is 2.71 bits per heavy atom. The Balaban J connectivity index is 2.18. The third-order valence-corrected chi connectivity index (χ3v) is 3.04. The van der Waals surface area contributed by atoms with Gasteiger partial charge in [0.25, 0.3) is 0 Å². The minimum Gasteiger partial charge on any atom is -0.476 e. The fourth-order valence-electron chi connectivity index (χ4n) is 1.73. The first-order valence-electron chi connectivity index (χ1n) is 5.90. The van der Waals surface area contributed by atoms with Crippen molar-refractivity contribution < 1.29 is 19.1 Å². The van der Waals surface area contributed by atoms with Crippen LogP contribution in [0.25, 0.3) is 0 Å².